The Morgan fingerprint density at radius 3 is 2.53 bits per heavy atom. The predicted molar refractivity (Wildman–Crippen MR) is 80.7 cm³/mol. The summed E-state index contributed by atoms with van der Waals surface area (Å²) >= 11 is 5.06. The van der Waals surface area contributed by atoms with Crippen molar-refractivity contribution in [2.24, 2.45) is 0 Å². The molecule has 3 nitrogen and oxygen atoms in total. The summed E-state index contributed by atoms with van der Waals surface area (Å²) in [5.41, 5.74) is 2.75. The summed E-state index contributed by atoms with van der Waals surface area (Å²) in [4.78, 5) is 14.2. The highest BCUT2D eigenvalue weighted by Crippen LogP contribution is 2.24. The fourth-order valence-corrected chi connectivity index (χ4v) is 3.27. The quantitative estimate of drug-likeness (QED) is 0.833. The molecule has 2 rings (SSSR count). The van der Waals surface area contributed by atoms with Gasteiger partial charge in [0.25, 0.3) is 5.91 Å². The molecule has 0 saturated heterocycles. The zero-order valence-electron chi connectivity index (χ0n) is 11.4. The summed E-state index contributed by atoms with van der Waals surface area (Å²) < 4.78 is 6.60. The average molecular weight is 342 g/mol. The van der Waals surface area contributed by atoms with Gasteiger partial charge in [0.1, 0.15) is 11.5 Å². The minimum absolute atomic E-state index is 0.00849. The molecular weight excluding hydrogens is 326 g/mol. The van der Waals surface area contributed by atoms with Crippen molar-refractivity contribution < 1.29 is 9.21 Å². The lowest BCUT2D eigenvalue weighted by molar-refractivity contribution is 0.0783. The van der Waals surface area contributed by atoms with Gasteiger partial charge in [-0.05, 0) is 53.7 Å². The monoisotopic (exact) mass is 341 g/mol. The van der Waals surface area contributed by atoms with E-state index < -0.39 is 0 Å². The summed E-state index contributed by atoms with van der Waals surface area (Å²) in [6.07, 6.45) is 0. The summed E-state index contributed by atoms with van der Waals surface area (Å²) in [6.45, 7) is 6.25. The molecule has 102 valence electrons. The van der Waals surface area contributed by atoms with Crippen LogP contribution in [0.2, 0.25) is 0 Å². The molecule has 0 spiro atoms. The van der Waals surface area contributed by atoms with Crippen LogP contribution in [0.1, 0.15) is 33.0 Å². The Kier molecular flexibility index (Phi) is 4.16. The lowest BCUT2D eigenvalue weighted by Crippen LogP contribution is -2.26. The second kappa shape index (κ2) is 5.51. The zero-order valence-corrected chi connectivity index (χ0v) is 13.8. The van der Waals surface area contributed by atoms with Gasteiger partial charge in [0.15, 0.2) is 0 Å². The van der Waals surface area contributed by atoms with E-state index in [0.29, 0.717) is 17.9 Å². The molecule has 0 fully saturated rings. The van der Waals surface area contributed by atoms with Crippen LogP contribution in [0.25, 0.3) is 0 Å². The van der Waals surface area contributed by atoms with E-state index >= 15 is 0 Å². The smallest absolute Gasteiger partial charge is 0.257 e. The highest BCUT2D eigenvalue weighted by Gasteiger charge is 2.21. The summed E-state index contributed by atoms with van der Waals surface area (Å²) in [5, 5.41) is 2.05. The second-order valence-corrected chi connectivity index (χ2v) is 6.93. The van der Waals surface area contributed by atoms with Crippen molar-refractivity contribution in [3.05, 3.63) is 43.4 Å². The standard InChI is InChI=1S/C14H16BrNO2S/c1-8-9(2)18-10(3)13(8)14(17)16(4)6-11-5-12(15)19-7-11/h5,7H,6H2,1-4H3. The highest BCUT2D eigenvalue weighted by atomic mass is 79.9. The Labute approximate surface area is 125 Å². The van der Waals surface area contributed by atoms with Crippen LogP contribution in [-0.2, 0) is 6.54 Å². The maximum Gasteiger partial charge on any atom is 0.257 e. The van der Waals surface area contributed by atoms with Crippen LogP contribution in [-0.4, -0.2) is 17.9 Å². The Balaban J connectivity index is 2.19. The molecule has 0 aromatic carbocycles. The van der Waals surface area contributed by atoms with Crippen LogP contribution >= 0.6 is 27.3 Å². The van der Waals surface area contributed by atoms with Crippen molar-refractivity contribution in [2.75, 3.05) is 7.05 Å². The molecule has 2 aromatic rings. The van der Waals surface area contributed by atoms with Gasteiger partial charge in [-0.25, -0.2) is 0 Å². The average Bonchev–Trinajstić information content (AvgIpc) is 2.84. The van der Waals surface area contributed by atoms with E-state index in [1.807, 2.05) is 39.3 Å². The molecule has 5 heteroatoms. The fourth-order valence-electron chi connectivity index (χ4n) is 2.07. The van der Waals surface area contributed by atoms with E-state index in [0.717, 1.165) is 20.7 Å². The van der Waals surface area contributed by atoms with Crippen molar-refractivity contribution in [2.45, 2.75) is 27.3 Å². The largest absolute Gasteiger partial charge is 0.466 e. The molecule has 1 amide bonds. The van der Waals surface area contributed by atoms with Gasteiger partial charge in [0, 0.05) is 19.2 Å². The number of carbonyl (C=O) groups is 1. The van der Waals surface area contributed by atoms with Gasteiger partial charge >= 0.3 is 0 Å². The first-order valence-electron chi connectivity index (χ1n) is 5.95. The minimum Gasteiger partial charge on any atom is -0.466 e. The van der Waals surface area contributed by atoms with Crippen LogP contribution < -0.4 is 0 Å². The molecule has 0 aliphatic carbocycles. The van der Waals surface area contributed by atoms with Crippen LogP contribution in [0.15, 0.2) is 19.6 Å². The number of hydrogen-bond donors (Lipinski definition) is 0. The Hall–Kier alpha value is -1.07. The van der Waals surface area contributed by atoms with Gasteiger partial charge in [-0.1, -0.05) is 0 Å². The van der Waals surface area contributed by atoms with Crippen molar-refractivity contribution in [3.8, 4) is 0 Å². The molecule has 0 radical (unpaired) electrons. The normalized spacial score (nSPS) is 10.8. The van der Waals surface area contributed by atoms with E-state index in [1.165, 1.54) is 0 Å². The maximum absolute atomic E-state index is 12.5. The van der Waals surface area contributed by atoms with Gasteiger partial charge in [0.05, 0.1) is 9.35 Å². The molecule has 2 aromatic heterocycles. The molecule has 0 N–H and O–H groups in total. The Morgan fingerprint density at radius 2 is 2.05 bits per heavy atom. The first-order chi connectivity index (χ1) is 8.90. The summed E-state index contributed by atoms with van der Waals surface area (Å²) in [5.74, 6) is 1.51. The van der Waals surface area contributed by atoms with Gasteiger partial charge in [-0.2, -0.15) is 0 Å². The van der Waals surface area contributed by atoms with E-state index in [2.05, 4.69) is 15.9 Å². The molecule has 0 aliphatic heterocycles. The van der Waals surface area contributed by atoms with E-state index in [4.69, 9.17) is 4.42 Å². The number of halogens is 1. The van der Waals surface area contributed by atoms with Crippen LogP contribution in [0, 0.1) is 20.8 Å². The molecule has 0 saturated carbocycles. The number of aryl methyl sites for hydroxylation is 2. The van der Waals surface area contributed by atoms with Crippen LogP contribution in [0.3, 0.4) is 0 Å². The fraction of sp³-hybridized carbons (Fsp3) is 0.357. The van der Waals surface area contributed by atoms with Crippen molar-refractivity contribution in [3.63, 3.8) is 0 Å². The van der Waals surface area contributed by atoms with Gasteiger partial charge in [0.2, 0.25) is 0 Å². The van der Waals surface area contributed by atoms with E-state index in [-0.39, 0.29) is 5.91 Å². The number of hydrogen-bond acceptors (Lipinski definition) is 3. The Morgan fingerprint density at radius 1 is 1.37 bits per heavy atom. The maximum atomic E-state index is 12.5. The molecule has 19 heavy (non-hydrogen) atoms. The first-order valence-corrected chi connectivity index (χ1v) is 7.62. The molecule has 0 aliphatic rings. The van der Waals surface area contributed by atoms with Crippen LogP contribution in [0.4, 0.5) is 0 Å². The number of carbonyl (C=O) groups excluding carboxylic acids is 1. The number of amides is 1. The van der Waals surface area contributed by atoms with Crippen molar-refractivity contribution in [1.82, 2.24) is 4.90 Å². The summed E-state index contributed by atoms with van der Waals surface area (Å²) in [7, 11) is 1.81. The predicted octanol–water partition coefficient (Wildman–Crippen LogP) is 4.30. The zero-order chi connectivity index (χ0) is 14.2. The molecule has 0 bridgehead atoms. The number of rotatable bonds is 3. The third-order valence-electron chi connectivity index (χ3n) is 3.16. The van der Waals surface area contributed by atoms with E-state index in [9.17, 15) is 4.79 Å². The van der Waals surface area contributed by atoms with Crippen LogP contribution in [0.5, 0.6) is 0 Å². The third kappa shape index (κ3) is 2.92. The van der Waals surface area contributed by atoms with E-state index in [1.54, 1.807) is 16.2 Å². The van der Waals surface area contributed by atoms with Gasteiger partial charge in [-0.3, -0.25) is 4.79 Å². The number of furan rings is 1. The summed E-state index contributed by atoms with van der Waals surface area (Å²) in [6, 6.07) is 2.04. The molecule has 2 heterocycles. The van der Waals surface area contributed by atoms with Crippen molar-refractivity contribution >= 4 is 33.2 Å². The van der Waals surface area contributed by atoms with Gasteiger partial charge < -0.3 is 9.32 Å². The number of nitrogens with zero attached hydrogens (tertiary/aromatic N) is 1. The van der Waals surface area contributed by atoms with Gasteiger partial charge in [-0.15, -0.1) is 11.3 Å². The first kappa shape index (κ1) is 14.3. The molecule has 0 atom stereocenters. The number of thiophene rings is 1. The molecular formula is C14H16BrNO2S. The highest BCUT2D eigenvalue weighted by molar-refractivity contribution is 9.11. The second-order valence-electron chi connectivity index (χ2n) is 4.63. The van der Waals surface area contributed by atoms with Crippen molar-refractivity contribution in [1.29, 1.82) is 0 Å². The topological polar surface area (TPSA) is 33.5 Å². The third-order valence-corrected chi connectivity index (χ3v) is 4.72. The molecule has 0 unspecified atom stereocenters. The lowest BCUT2D eigenvalue weighted by atomic mass is 10.1. The minimum atomic E-state index is 0.00849. The lowest BCUT2D eigenvalue weighted by Gasteiger charge is -2.16. The Bertz CT molecular complexity index is 615. The SMILES string of the molecule is Cc1oc(C)c(C(=O)N(C)Cc2csc(Br)c2)c1C.